The maximum absolute atomic E-state index is 5.59. The molecule has 0 aromatic heterocycles. The first kappa shape index (κ1) is 9.47. The summed E-state index contributed by atoms with van der Waals surface area (Å²) < 4.78 is 5.59. The van der Waals surface area contributed by atoms with Gasteiger partial charge in [0, 0.05) is 31.7 Å². The van der Waals surface area contributed by atoms with Gasteiger partial charge in [0.25, 0.3) is 0 Å². The van der Waals surface area contributed by atoms with Crippen molar-refractivity contribution in [2.75, 3.05) is 20.2 Å². The number of likely N-dealkylation sites (tertiary alicyclic amines) is 1. The summed E-state index contributed by atoms with van der Waals surface area (Å²) in [6, 6.07) is 0. The highest BCUT2D eigenvalue weighted by molar-refractivity contribution is 5.10. The van der Waals surface area contributed by atoms with E-state index in [0.717, 1.165) is 5.92 Å². The molecule has 1 aliphatic carbocycles. The molecule has 76 valence electrons. The molecular weight excluding hydrogens is 162 g/mol. The molecule has 0 radical (unpaired) electrons. The smallest absolute Gasteiger partial charge is 0.0736 e. The van der Waals surface area contributed by atoms with E-state index in [1.165, 1.54) is 25.9 Å². The molecule has 0 aromatic rings. The van der Waals surface area contributed by atoms with Crippen molar-refractivity contribution in [2.45, 2.75) is 44.8 Å². The molecule has 1 saturated carbocycles. The van der Waals surface area contributed by atoms with E-state index >= 15 is 0 Å². The second-order valence-electron chi connectivity index (χ2n) is 5.54. The SMILES string of the molecule is COC12CCN(C(C)(C)C)CC1C2. The monoisotopic (exact) mass is 183 g/mol. The van der Waals surface area contributed by atoms with Crippen molar-refractivity contribution in [3.63, 3.8) is 0 Å². The summed E-state index contributed by atoms with van der Waals surface area (Å²) in [5.41, 5.74) is 0.629. The molecule has 2 heteroatoms. The number of rotatable bonds is 1. The van der Waals surface area contributed by atoms with E-state index in [1.54, 1.807) is 0 Å². The molecule has 2 fully saturated rings. The zero-order valence-electron chi connectivity index (χ0n) is 9.26. The molecule has 2 unspecified atom stereocenters. The van der Waals surface area contributed by atoms with Gasteiger partial charge in [0.15, 0.2) is 0 Å². The van der Waals surface area contributed by atoms with Crippen LogP contribution in [0.15, 0.2) is 0 Å². The first-order valence-electron chi connectivity index (χ1n) is 5.28. The number of fused-ring (bicyclic) bond motifs is 1. The molecular formula is C11H21NO. The second kappa shape index (κ2) is 2.71. The van der Waals surface area contributed by atoms with Crippen molar-refractivity contribution in [1.29, 1.82) is 0 Å². The summed E-state index contributed by atoms with van der Waals surface area (Å²) in [7, 11) is 1.87. The van der Waals surface area contributed by atoms with Crippen LogP contribution in [0, 0.1) is 5.92 Å². The van der Waals surface area contributed by atoms with Crippen LogP contribution in [0.2, 0.25) is 0 Å². The van der Waals surface area contributed by atoms with Gasteiger partial charge in [0.1, 0.15) is 0 Å². The Balaban J connectivity index is 1.97. The fourth-order valence-corrected chi connectivity index (χ4v) is 2.54. The minimum absolute atomic E-state index is 0.293. The standard InChI is InChI=1S/C11H21NO/c1-10(2,3)12-6-5-11(13-4)7-9(11)8-12/h9H,5-8H2,1-4H3. The van der Waals surface area contributed by atoms with E-state index in [-0.39, 0.29) is 0 Å². The highest BCUT2D eigenvalue weighted by Gasteiger charge is 2.58. The van der Waals surface area contributed by atoms with Crippen LogP contribution in [-0.2, 0) is 4.74 Å². The maximum atomic E-state index is 5.59. The Labute approximate surface area is 81.3 Å². The molecule has 1 aliphatic heterocycles. The van der Waals surface area contributed by atoms with E-state index in [9.17, 15) is 0 Å². The Morgan fingerprint density at radius 2 is 2.08 bits per heavy atom. The minimum Gasteiger partial charge on any atom is -0.378 e. The third-order valence-corrected chi connectivity index (χ3v) is 3.78. The lowest BCUT2D eigenvalue weighted by Crippen LogP contribution is -2.48. The van der Waals surface area contributed by atoms with Gasteiger partial charge in [-0.2, -0.15) is 0 Å². The van der Waals surface area contributed by atoms with E-state index in [2.05, 4.69) is 25.7 Å². The van der Waals surface area contributed by atoms with Gasteiger partial charge in [-0.1, -0.05) is 0 Å². The zero-order valence-corrected chi connectivity index (χ0v) is 9.26. The number of piperidine rings is 1. The summed E-state index contributed by atoms with van der Waals surface area (Å²) in [5, 5.41) is 0. The Morgan fingerprint density at radius 3 is 2.54 bits per heavy atom. The van der Waals surface area contributed by atoms with Crippen molar-refractivity contribution >= 4 is 0 Å². The average Bonchev–Trinajstić information content (AvgIpc) is 2.75. The molecule has 0 bridgehead atoms. The lowest BCUT2D eigenvalue weighted by atomic mass is 9.99. The summed E-state index contributed by atoms with van der Waals surface area (Å²) in [4.78, 5) is 2.59. The Morgan fingerprint density at radius 1 is 1.38 bits per heavy atom. The van der Waals surface area contributed by atoms with Crippen LogP contribution in [0.3, 0.4) is 0 Å². The number of nitrogens with zero attached hydrogens (tertiary/aromatic N) is 1. The molecule has 1 saturated heterocycles. The van der Waals surface area contributed by atoms with Crippen LogP contribution in [0.5, 0.6) is 0 Å². The lowest BCUT2D eigenvalue weighted by Gasteiger charge is -2.40. The fourth-order valence-electron chi connectivity index (χ4n) is 2.54. The highest BCUT2D eigenvalue weighted by Crippen LogP contribution is 2.52. The van der Waals surface area contributed by atoms with Crippen LogP contribution in [0.1, 0.15) is 33.6 Å². The van der Waals surface area contributed by atoms with Crippen LogP contribution in [0.4, 0.5) is 0 Å². The van der Waals surface area contributed by atoms with Crippen LogP contribution in [0.25, 0.3) is 0 Å². The molecule has 13 heavy (non-hydrogen) atoms. The van der Waals surface area contributed by atoms with E-state index < -0.39 is 0 Å². The summed E-state index contributed by atoms with van der Waals surface area (Å²) in [5.74, 6) is 0.811. The summed E-state index contributed by atoms with van der Waals surface area (Å²) in [6.07, 6.45) is 2.52. The number of hydrogen-bond donors (Lipinski definition) is 0. The van der Waals surface area contributed by atoms with Crippen LogP contribution >= 0.6 is 0 Å². The van der Waals surface area contributed by atoms with Gasteiger partial charge in [-0.15, -0.1) is 0 Å². The van der Waals surface area contributed by atoms with Gasteiger partial charge >= 0.3 is 0 Å². The quantitative estimate of drug-likeness (QED) is 0.615. The molecule has 2 rings (SSSR count). The van der Waals surface area contributed by atoms with Crippen molar-refractivity contribution in [3.8, 4) is 0 Å². The topological polar surface area (TPSA) is 12.5 Å². The molecule has 0 amide bonds. The largest absolute Gasteiger partial charge is 0.378 e. The highest BCUT2D eigenvalue weighted by atomic mass is 16.5. The fraction of sp³-hybridized carbons (Fsp3) is 1.00. The first-order chi connectivity index (χ1) is 5.98. The van der Waals surface area contributed by atoms with Crippen molar-refractivity contribution in [1.82, 2.24) is 4.90 Å². The second-order valence-corrected chi connectivity index (χ2v) is 5.54. The van der Waals surface area contributed by atoms with Gasteiger partial charge in [-0.25, -0.2) is 0 Å². The predicted molar refractivity (Wildman–Crippen MR) is 53.8 cm³/mol. The van der Waals surface area contributed by atoms with Crippen molar-refractivity contribution in [3.05, 3.63) is 0 Å². The molecule has 2 atom stereocenters. The predicted octanol–water partition coefficient (Wildman–Crippen LogP) is 1.90. The minimum atomic E-state index is 0.293. The van der Waals surface area contributed by atoms with Gasteiger partial charge in [0.05, 0.1) is 5.60 Å². The Bertz CT molecular complexity index is 209. The first-order valence-corrected chi connectivity index (χ1v) is 5.28. The molecule has 1 heterocycles. The summed E-state index contributed by atoms with van der Waals surface area (Å²) >= 11 is 0. The molecule has 0 N–H and O–H groups in total. The Hall–Kier alpha value is -0.0800. The van der Waals surface area contributed by atoms with E-state index in [4.69, 9.17) is 4.74 Å². The van der Waals surface area contributed by atoms with E-state index in [1.807, 2.05) is 7.11 Å². The van der Waals surface area contributed by atoms with Gasteiger partial charge in [-0.3, -0.25) is 4.90 Å². The van der Waals surface area contributed by atoms with E-state index in [0.29, 0.717) is 11.1 Å². The zero-order chi connectivity index (χ0) is 9.69. The molecule has 2 aliphatic rings. The lowest BCUT2D eigenvalue weighted by molar-refractivity contribution is -0.00207. The number of hydrogen-bond acceptors (Lipinski definition) is 2. The number of methoxy groups -OCH3 is 1. The van der Waals surface area contributed by atoms with Crippen LogP contribution < -0.4 is 0 Å². The number of ether oxygens (including phenoxy) is 1. The van der Waals surface area contributed by atoms with Gasteiger partial charge in [0.2, 0.25) is 0 Å². The van der Waals surface area contributed by atoms with Crippen LogP contribution in [-0.4, -0.2) is 36.2 Å². The summed E-state index contributed by atoms with van der Waals surface area (Å²) in [6.45, 7) is 9.34. The third kappa shape index (κ3) is 1.50. The third-order valence-electron chi connectivity index (χ3n) is 3.78. The van der Waals surface area contributed by atoms with Gasteiger partial charge in [-0.05, 0) is 33.6 Å². The average molecular weight is 183 g/mol. The molecule has 0 spiro atoms. The normalized spacial score (nSPS) is 40.2. The van der Waals surface area contributed by atoms with Crippen molar-refractivity contribution < 1.29 is 4.74 Å². The van der Waals surface area contributed by atoms with Gasteiger partial charge < -0.3 is 4.74 Å². The molecule has 2 nitrogen and oxygen atoms in total. The Kier molecular flexibility index (Phi) is 1.97. The van der Waals surface area contributed by atoms with Crippen molar-refractivity contribution in [2.24, 2.45) is 5.92 Å². The molecule has 0 aromatic carbocycles. The maximum Gasteiger partial charge on any atom is 0.0736 e.